The zero-order chi connectivity index (χ0) is 15.6. The summed E-state index contributed by atoms with van der Waals surface area (Å²) in [6.45, 7) is 0. The Bertz CT molecular complexity index is 669. The summed E-state index contributed by atoms with van der Waals surface area (Å²) in [5.74, 6) is -3.04. The minimum absolute atomic E-state index is 0.136. The molecule has 0 radical (unpaired) electrons. The molecule has 0 atom stereocenters. The highest BCUT2D eigenvalue weighted by molar-refractivity contribution is 5.98. The molecule has 0 spiro atoms. The van der Waals surface area contributed by atoms with E-state index in [-0.39, 0.29) is 5.56 Å². The minimum Gasteiger partial charge on any atom is -0.404 e. The Kier molecular flexibility index (Phi) is 3.84. The maximum absolute atomic E-state index is 14.0. The Labute approximate surface area is 116 Å². The van der Waals surface area contributed by atoms with Crippen LogP contribution in [0.15, 0.2) is 42.5 Å². The van der Waals surface area contributed by atoms with Crippen molar-refractivity contribution >= 4 is 5.91 Å². The molecular formula is C14H9F4NO2. The van der Waals surface area contributed by atoms with E-state index in [1.807, 2.05) is 0 Å². The van der Waals surface area contributed by atoms with Gasteiger partial charge in [-0.15, -0.1) is 13.2 Å². The van der Waals surface area contributed by atoms with Crippen LogP contribution in [0.25, 0.3) is 11.1 Å². The van der Waals surface area contributed by atoms with Crippen molar-refractivity contribution in [1.82, 2.24) is 0 Å². The molecule has 2 aromatic carbocycles. The summed E-state index contributed by atoms with van der Waals surface area (Å²) in [5.41, 5.74) is 4.14. The van der Waals surface area contributed by atoms with E-state index in [9.17, 15) is 22.4 Å². The molecule has 2 N–H and O–H groups in total. The molecule has 7 heteroatoms. The molecule has 0 bridgehead atoms. The van der Waals surface area contributed by atoms with E-state index in [2.05, 4.69) is 4.74 Å². The average molecular weight is 299 g/mol. The van der Waals surface area contributed by atoms with Crippen molar-refractivity contribution in [2.75, 3.05) is 0 Å². The van der Waals surface area contributed by atoms with Crippen LogP contribution in [0.5, 0.6) is 5.75 Å². The maximum Gasteiger partial charge on any atom is 0.573 e. The number of carbonyl (C=O) groups excluding carboxylic acids is 1. The molecule has 0 fully saturated rings. The van der Waals surface area contributed by atoms with Crippen LogP contribution in [-0.4, -0.2) is 12.3 Å². The lowest BCUT2D eigenvalue weighted by molar-refractivity contribution is -0.274. The van der Waals surface area contributed by atoms with Crippen LogP contribution in [-0.2, 0) is 0 Å². The molecule has 0 saturated heterocycles. The second-order valence-electron chi connectivity index (χ2n) is 4.08. The van der Waals surface area contributed by atoms with Crippen LogP contribution >= 0.6 is 0 Å². The van der Waals surface area contributed by atoms with Crippen LogP contribution in [0.3, 0.4) is 0 Å². The van der Waals surface area contributed by atoms with Gasteiger partial charge >= 0.3 is 6.36 Å². The number of rotatable bonds is 3. The maximum atomic E-state index is 14.0. The fourth-order valence-electron chi connectivity index (χ4n) is 1.85. The Morgan fingerprint density at radius 2 is 1.67 bits per heavy atom. The van der Waals surface area contributed by atoms with Gasteiger partial charge in [0, 0.05) is 0 Å². The predicted molar refractivity (Wildman–Crippen MR) is 67.0 cm³/mol. The first-order valence-corrected chi connectivity index (χ1v) is 5.73. The third-order valence-corrected chi connectivity index (χ3v) is 2.65. The number of primary amides is 1. The van der Waals surface area contributed by atoms with Crippen molar-refractivity contribution in [3.63, 3.8) is 0 Å². The zero-order valence-corrected chi connectivity index (χ0v) is 10.4. The zero-order valence-electron chi connectivity index (χ0n) is 10.4. The highest BCUT2D eigenvalue weighted by Gasteiger charge is 2.35. The topological polar surface area (TPSA) is 52.3 Å². The quantitative estimate of drug-likeness (QED) is 0.882. The number of carbonyl (C=O) groups is 1. The van der Waals surface area contributed by atoms with E-state index in [1.54, 1.807) is 6.07 Å². The fraction of sp³-hybridized carbons (Fsp3) is 0.0714. The molecule has 3 nitrogen and oxygen atoms in total. The standard InChI is InChI=1S/C14H9F4NO2/c15-10-7-6-9(13(19)20)12(21-14(16,17)18)11(10)8-4-2-1-3-5-8/h1-7H,(H2,19,20). The fourth-order valence-corrected chi connectivity index (χ4v) is 1.85. The monoisotopic (exact) mass is 299 g/mol. The van der Waals surface area contributed by atoms with Crippen molar-refractivity contribution in [2.45, 2.75) is 6.36 Å². The Morgan fingerprint density at radius 1 is 1.05 bits per heavy atom. The van der Waals surface area contributed by atoms with Gasteiger partial charge in [-0.1, -0.05) is 30.3 Å². The van der Waals surface area contributed by atoms with Crippen LogP contribution in [0.4, 0.5) is 17.6 Å². The van der Waals surface area contributed by atoms with Crippen molar-refractivity contribution < 1.29 is 27.1 Å². The molecule has 2 rings (SSSR count). The number of benzene rings is 2. The van der Waals surface area contributed by atoms with E-state index in [0.717, 1.165) is 12.1 Å². The number of amides is 1. The third kappa shape index (κ3) is 3.31. The molecule has 0 aliphatic rings. The lowest BCUT2D eigenvalue weighted by atomic mass is 10.0. The first-order chi connectivity index (χ1) is 9.79. The molecule has 0 heterocycles. The number of alkyl halides is 3. The molecule has 0 aromatic heterocycles. The van der Waals surface area contributed by atoms with Gasteiger partial charge in [0.05, 0.1) is 11.1 Å². The van der Waals surface area contributed by atoms with Gasteiger partial charge in [0.1, 0.15) is 5.82 Å². The number of hydrogen-bond acceptors (Lipinski definition) is 2. The number of nitrogens with two attached hydrogens (primary N) is 1. The van der Waals surface area contributed by atoms with E-state index >= 15 is 0 Å². The summed E-state index contributed by atoms with van der Waals surface area (Å²) in [6, 6.07) is 9.16. The SMILES string of the molecule is NC(=O)c1ccc(F)c(-c2ccccc2)c1OC(F)(F)F. The van der Waals surface area contributed by atoms with Crippen LogP contribution in [0.1, 0.15) is 10.4 Å². The van der Waals surface area contributed by atoms with Gasteiger partial charge < -0.3 is 10.5 Å². The summed E-state index contributed by atoms with van der Waals surface area (Å²) < 4.78 is 55.3. The predicted octanol–water partition coefficient (Wildman–Crippen LogP) is 3.49. The van der Waals surface area contributed by atoms with Crippen molar-refractivity contribution in [1.29, 1.82) is 0 Å². The van der Waals surface area contributed by atoms with Crippen LogP contribution < -0.4 is 10.5 Å². The van der Waals surface area contributed by atoms with Crippen LogP contribution in [0, 0.1) is 5.82 Å². The first-order valence-electron chi connectivity index (χ1n) is 5.73. The Morgan fingerprint density at radius 3 is 2.19 bits per heavy atom. The van der Waals surface area contributed by atoms with Crippen molar-refractivity contribution in [3.05, 3.63) is 53.8 Å². The first kappa shape index (κ1) is 14.8. The smallest absolute Gasteiger partial charge is 0.404 e. The molecule has 110 valence electrons. The second kappa shape index (κ2) is 5.43. The number of halogens is 4. The van der Waals surface area contributed by atoms with Crippen molar-refractivity contribution in [2.24, 2.45) is 5.73 Å². The molecule has 1 amide bonds. The largest absolute Gasteiger partial charge is 0.573 e. The second-order valence-corrected chi connectivity index (χ2v) is 4.08. The summed E-state index contributed by atoms with van der Waals surface area (Å²) in [6.07, 6.45) is -5.08. The Hall–Kier alpha value is -2.57. The van der Waals surface area contributed by atoms with Crippen LogP contribution in [0.2, 0.25) is 0 Å². The molecule has 0 unspecified atom stereocenters. The summed E-state index contributed by atoms with van der Waals surface area (Å²) in [5, 5.41) is 0. The normalized spacial score (nSPS) is 11.2. The summed E-state index contributed by atoms with van der Waals surface area (Å²) >= 11 is 0. The van der Waals surface area contributed by atoms with Gasteiger partial charge in [-0.05, 0) is 17.7 Å². The number of hydrogen-bond donors (Lipinski definition) is 1. The minimum atomic E-state index is -5.08. The molecule has 0 aliphatic heterocycles. The Balaban J connectivity index is 2.72. The van der Waals surface area contributed by atoms with Crippen molar-refractivity contribution in [3.8, 4) is 16.9 Å². The molecule has 0 saturated carbocycles. The van der Waals surface area contributed by atoms with E-state index in [4.69, 9.17) is 5.73 Å². The van der Waals surface area contributed by atoms with E-state index in [1.165, 1.54) is 24.3 Å². The molecule has 21 heavy (non-hydrogen) atoms. The van der Waals surface area contributed by atoms with E-state index in [0.29, 0.717) is 0 Å². The summed E-state index contributed by atoms with van der Waals surface area (Å²) in [4.78, 5) is 11.3. The molecular weight excluding hydrogens is 290 g/mol. The highest BCUT2D eigenvalue weighted by Crippen LogP contribution is 2.38. The highest BCUT2D eigenvalue weighted by atomic mass is 19.4. The van der Waals surface area contributed by atoms with Gasteiger partial charge in [0.15, 0.2) is 5.75 Å². The third-order valence-electron chi connectivity index (χ3n) is 2.65. The van der Waals surface area contributed by atoms with Gasteiger partial charge in [0.2, 0.25) is 0 Å². The lowest BCUT2D eigenvalue weighted by Crippen LogP contribution is -2.22. The van der Waals surface area contributed by atoms with Gasteiger partial charge in [0.25, 0.3) is 5.91 Å². The summed E-state index contributed by atoms with van der Waals surface area (Å²) in [7, 11) is 0. The van der Waals surface area contributed by atoms with Gasteiger partial charge in [-0.3, -0.25) is 4.79 Å². The molecule has 0 aliphatic carbocycles. The van der Waals surface area contributed by atoms with Gasteiger partial charge in [-0.2, -0.15) is 0 Å². The lowest BCUT2D eigenvalue weighted by Gasteiger charge is -2.16. The average Bonchev–Trinajstić information content (AvgIpc) is 2.37. The van der Waals surface area contributed by atoms with Gasteiger partial charge in [-0.25, -0.2) is 4.39 Å². The van der Waals surface area contributed by atoms with E-state index < -0.39 is 35.0 Å². The molecule has 2 aromatic rings. The number of ether oxygens (including phenoxy) is 1.